The van der Waals surface area contributed by atoms with Gasteiger partial charge in [0.15, 0.2) is 0 Å². The van der Waals surface area contributed by atoms with E-state index in [4.69, 9.17) is 5.73 Å². The van der Waals surface area contributed by atoms with E-state index >= 15 is 0 Å². The third-order valence-electron chi connectivity index (χ3n) is 3.96. The van der Waals surface area contributed by atoms with Crippen LogP contribution in [0, 0.1) is 5.92 Å². The molecule has 1 atom stereocenters. The number of hydrogen-bond donors (Lipinski definition) is 1. The van der Waals surface area contributed by atoms with Gasteiger partial charge in [-0.2, -0.15) is 8.78 Å². The highest BCUT2D eigenvalue weighted by Gasteiger charge is 2.22. The van der Waals surface area contributed by atoms with E-state index in [2.05, 4.69) is 9.64 Å². The standard InChI is InChI=1S/C15H22F2N2O/c1-11(18)12-6-8-19(9-7-12)10-13-4-2-3-5-14(13)20-15(16)17/h2-5,11-12,15H,6-10,18H2,1H3. The van der Waals surface area contributed by atoms with Crippen molar-refractivity contribution in [2.45, 2.75) is 39.0 Å². The monoisotopic (exact) mass is 284 g/mol. The van der Waals surface area contributed by atoms with Gasteiger partial charge in [0, 0.05) is 18.2 Å². The molecule has 1 aromatic rings. The van der Waals surface area contributed by atoms with Crippen molar-refractivity contribution in [1.82, 2.24) is 4.90 Å². The maximum Gasteiger partial charge on any atom is 0.387 e. The number of likely N-dealkylation sites (tertiary alicyclic amines) is 1. The van der Waals surface area contributed by atoms with Crippen LogP contribution in [0.3, 0.4) is 0 Å². The maximum absolute atomic E-state index is 12.4. The van der Waals surface area contributed by atoms with Crippen LogP contribution in [0.5, 0.6) is 5.75 Å². The van der Waals surface area contributed by atoms with Gasteiger partial charge in [-0.3, -0.25) is 4.90 Å². The Kier molecular flexibility index (Phi) is 5.31. The number of nitrogens with two attached hydrogens (primary N) is 1. The molecule has 20 heavy (non-hydrogen) atoms. The van der Waals surface area contributed by atoms with Gasteiger partial charge in [-0.1, -0.05) is 18.2 Å². The maximum atomic E-state index is 12.4. The zero-order valence-corrected chi connectivity index (χ0v) is 11.8. The number of halogens is 2. The Morgan fingerprint density at radius 2 is 1.95 bits per heavy atom. The molecule has 0 bridgehead atoms. The van der Waals surface area contributed by atoms with Crippen LogP contribution in [0.15, 0.2) is 24.3 Å². The fourth-order valence-electron chi connectivity index (χ4n) is 2.72. The number of ether oxygens (including phenoxy) is 1. The van der Waals surface area contributed by atoms with Gasteiger partial charge in [0.1, 0.15) is 5.75 Å². The highest BCUT2D eigenvalue weighted by molar-refractivity contribution is 5.33. The topological polar surface area (TPSA) is 38.5 Å². The Labute approximate surface area is 118 Å². The molecule has 0 aromatic heterocycles. The van der Waals surface area contributed by atoms with E-state index in [9.17, 15) is 8.78 Å². The number of piperidine rings is 1. The molecule has 0 radical (unpaired) electrons. The molecule has 1 aliphatic heterocycles. The fourth-order valence-corrected chi connectivity index (χ4v) is 2.72. The summed E-state index contributed by atoms with van der Waals surface area (Å²) in [6.07, 6.45) is 2.13. The highest BCUT2D eigenvalue weighted by Crippen LogP contribution is 2.25. The summed E-state index contributed by atoms with van der Waals surface area (Å²) >= 11 is 0. The Bertz CT molecular complexity index is 418. The van der Waals surface area contributed by atoms with Gasteiger partial charge < -0.3 is 10.5 Å². The third-order valence-corrected chi connectivity index (χ3v) is 3.96. The van der Waals surface area contributed by atoms with Crippen LogP contribution < -0.4 is 10.5 Å². The fraction of sp³-hybridized carbons (Fsp3) is 0.600. The molecule has 1 fully saturated rings. The minimum atomic E-state index is -2.78. The molecule has 0 saturated carbocycles. The number of nitrogens with zero attached hydrogens (tertiary/aromatic N) is 1. The van der Waals surface area contributed by atoms with Crippen molar-refractivity contribution in [1.29, 1.82) is 0 Å². The summed E-state index contributed by atoms with van der Waals surface area (Å²) in [6.45, 7) is 1.82. The van der Waals surface area contributed by atoms with Crippen LogP contribution in [-0.2, 0) is 6.54 Å². The van der Waals surface area contributed by atoms with E-state index in [0.717, 1.165) is 31.5 Å². The summed E-state index contributed by atoms with van der Waals surface area (Å²) in [4.78, 5) is 2.27. The summed E-state index contributed by atoms with van der Waals surface area (Å²) < 4.78 is 29.3. The van der Waals surface area contributed by atoms with E-state index in [-0.39, 0.29) is 11.8 Å². The Morgan fingerprint density at radius 1 is 1.30 bits per heavy atom. The Hall–Kier alpha value is -1.20. The number of alkyl halides is 2. The van der Waals surface area contributed by atoms with Crippen LogP contribution in [0.4, 0.5) is 8.78 Å². The van der Waals surface area contributed by atoms with Crippen molar-refractivity contribution in [3.05, 3.63) is 29.8 Å². The summed E-state index contributed by atoms with van der Waals surface area (Å²) in [5.41, 5.74) is 6.73. The van der Waals surface area contributed by atoms with Gasteiger partial charge >= 0.3 is 6.61 Å². The van der Waals surface area contributed by atoms with Crippen molar-refractivity contribution < 1.29 is 13.5 Å². The van der Waals surface area contributed by atoms with Gasteiger partial charge in [0.25, 0.3) is 0 Å². The van der Waals surface area contributed by atoms with E-state index < -0.39 is 6.61 Å². The first kappa shape index (κ1) is 15.2. The molecular formula is C15H22F2N2O. The predicted molar refractivity (Wildman–Crippen MR) is 74.7 cm³/mol. The van der Waals surface area contributed by atoms with Gasteiger partial charge in [-0.25, -0.2) is 0 Å². The normalized spacial score (nSPS) is 19.2. The van der Waals surface area contributed by atoms with Crippen molar-refractivity contribution in [3.8, 4) is 5.75 Å². The van der Waals surface area contributed by atoms with Gasteiger partial charge in [-0.15, -0.1) is 0 Å². The quantitative estimate of drug-likeness (QED) is 0.903. The molecular weight excluding hydrogens is 262 g/mol. The summed E-state index contributed by atoms with van der Waals surface area (Å²) in [5.74, 6) is 0.843. The largest absolute Gasteiger partial charge is 0.434 e. The molecule has 0 spiro atoms. The second kappa shape index (κ2) is 6.99. The van der Waals surface area contributed by atoms with Crippen LogP contribution >= 0.6 is 0 Å². The highest BCUT2D eigenvalue weighted by atomic mass is 19.3. The zero-order chi connectivity index (χ0) is 14.5. The Balaban J connectivity index is 1.94. The van der Waals surface area contributed by atoms with E-state index in [1.807, 2.05) is 19.1 Å². The van der Waals surface area contributed by atoms with Crippen LogP contribution in [0.25, 0.3) is 0 Å². The average Bonchev–Trinajstić information content (AvgIpc) is 2.41. The molecule has 1 unspecified atom stereocenters. The van der Waals surface area contributed by atoms with E-state index in [1.54, 1.807) is 12.1 Å². The smallest absolute Gasteiger partial charge is 0.387 e. The summed E-state index contributed by atoms with van der Waals surface area (Å²) in [6, 6.07) is 7.23. The molecule has 112 valence electrons. The molecule has 0 aliphatic carbocycles. The second-order valence-electron chi connectivity index (χ2n) is 5.46. The number of rotatable bonds is 5. The number of hydrogen-bond acceptors (Lipinski definition) is 3. The molecule has 1 heterocycles. The molecule has 5 heteroatoms. The van der Waals surface area contributed by atoms with Crippen molar-refractivity contribution in [3.63, 3.8) is 0 Å². The van der Waals surface area contributed by atoms with Crippen molar-refractivity contribution in [2.24, 2.45) is 11.7 Å². The molecule has 1 aliphatic rings. The van der Waals surface area contributed by atoms with Gasteiger partial charge in [-0.05, 0) is 44.8 Å². The minimum absolute atomic E-state index is 0.228. The third kappa shape index (κ3) is 4.15. The zero-order valence-electron chi connectivity index (χ0n) is 11.8. The van der Waals surface area contributed by atoms with Crippen LogP contribution in [0.2, 0.25) is 0 Å². The summed E-state index contributed by atoms with van der Waals surface area (Å²) in [7, 11) is 0. The lowest BCUT2D eigenvalue weighted by Crippen LogP contribution is -2.39. The molecule has 1 aromatic carbocycles. The van der Waals surface area contributed by atoms with Crippen LogP contribution in [0.1, 0.15) is 25.3 Å². The molecule has 0 amide bonds. The first-order valence-electron chi connectivity index (χ1n) is 7.07. The van der Waals surface area contributed by atoms with Crippen molar-refractivity contribution in [2.75, 3.05) is 13.1 Å². The predicted octanol–water partition coefficient (Wildman–Crippen LogP) is 2.85. The van der Waals surface area contributed by atoms with Gasteiger partial charge in [0.2, 0.25) is 0 Å². The molecule has 1 saturated heterocycles. The lowest BCUT2D eigenvalue weighted by Gasteiger charge is -2.33. The van der Waals surface area contributed by atoms with E-state index in [0.29, 0.717) is 12.5 Å². The second-order valence-corrected chi connectivity index (χ2v) is 5.46. The first-order chi connectivity index (χ1) is 9.56. The molecule has 3 nitrogen and oxygen atoms in total. The number of para-hydroxylation sites is 1. The van der Waals surface area contributed by atoms with E-state index in [1.165, 1.54) is 0 Å². The number of benzene rings is 1. The molecule has 2 rings (SSSR count). The van der Waals surface area contributed by atoms with Gasteiger partial charge in [0.05, 0.1) is 0 Å². The van der Waals surface area contributed by atoms with Crippen LogP contribution in [-0.4, -0.2) is 30.6 Å². The average molecular weight is 284 g/mol. The first-order valence-corrected chi connectivity index (χ1v) is 7.07. The lowest BCUT2D eigenvalue weighted by molar-refractivity contribution is -0.0508. The molecule has 2 N–H and O–H groups in total. The Morgan fingerprint density at radius 3 is 2.55 bits per heavy atom. The lowest BCUT2D eigenvalue weighted by atomic mass is 9.91. The summed E-state index contributed by atoms with van der Waals surface area (Å²) in [5, 5.41) is 0. The minimum Gasteiger partial charge on any atom is -0.434 e. The van der Waals surface area contributed by atoms with Crippen molar-refractivity contribution >= 4 is 0 Å². The SMILES string of the molecule is CC(N)C1CCN(Cc2ccccc2OC(F)F)CC1.